The maximum atomic E-state index is 13.9. The highest BCUT2D eigenvalue weighted by Crippen LogP contribution is 2.31. The molecule has 1 heterocycles. The highest BCUT2D eigenvalue weighted by atomic mass is 35.5. The van der Waals surface area contributed by atoms with Crippen LogP contribution in [0, 0.1) is 5.82 Å². The minimum absolute atomic E-state index is 0.0871. The van der Waals surface area contributed by atoms with Crippen LogP contribution in [0.5, 0.6) is 0 Å². The Morgan fingerprint density at radius 2 is 2.00 bits per heavy atom. The fourth-order valence-corrected chi connectivity index (χ4v) is 1.85. The van der Waals surface area contributed by atoms with Gasteiger partial charge in [-0.25, -0.2) is 4.39 Å². The van der Waals surface area contributed by atoms with Crippen molar-refractivity contribution >= 4 is 23.2 Å². The fourth-order valence-electron chi connectivity index (χ4n) is 1.47. The lowest BCUT2D eigenvalue weighted by Crippen LogP contribution is -1.96. The van der Waals surface area contributed by atoms with Crippen molar-refractivity contribution < 1.29 is 9.50 Å². The lowest BCUT2D eigenvalue weighted by atomic mass is 10.1. The van der Waals surface area contributed by atoms with Gasteiger partial charge in [0.2, 0.25) is 0 Å². The Morgan fingerprint density at radius 3 is 2.71 bits per heavy atom. The zero-order valence-corrected chi connectivity index (χ0v) is 10.1. The number of hydrogen-bond acceptors (Lipinski definition) is 2. The molecule has 0 unspecified atom stereocenters. The summed E-state index contributed by atoms with van der Waals surface area (Å²) in [5, 5.41) is 9.79. The molecule has 2 nitrogen and oxygen atoms in total. The first-order valence-electron chi connectivity index (χ1n) is 4.83. The number of aliphatic hydroxyl groups is 1. The number of nitrogens with zero attached hydrogens (tertiary/aromatic N) is 1. The second-order valence-electron chi connectivity index (χ2n) is 3.41. The minimum atomic E-state index is -0.584. The summed E-state index contributed by atoms with van der Waals surface area (Å²) < 4.78 is 13.9. The summed E-state index contributed by atoms with van der Waals surface area (Å²) in [6.45, 7) is -0.389. The largest absolute Gasteiger partial charge is 0.392 e. The van der Waals surface area contributed by atoms with Crippen LogP contribution in [0.15, 0.2) is 30.5 Å². The SMILES string of the molecule is OCc1ccnc(-c2cc(Cl)ccc2Cl)c1F. The second-order valence-corrected chi connectivity index (χ2v) is 4.26. The van der Waals surface area contributed by atoms with Gasteiger partial charge in [-0.3, -0.25) is 4.98 Å². The average molecular weight is 272 g/mol. The van der Waals surface area contributed by atoms with Gasteiger partial charge < -0.3 is 5.11 Å². The van der Waals surface area contributed by atoms with Gasteiger partial charge in [-0.2, -0.15) is 0 Å². The monoisotopic (exact) mass is 271 g/mol. The van der Waals surface area contributed by atoms with Crippen LogP contribution in [0.4, 0.5) is 4.39 Å². The maximum Gasteiger partial charge on any atom is 0.155 e. The van der Waals surface area contributed by atoms with Gasteiger partial charge in [-0.05, 0) is 24.3 Å². The number of halogens is 3. The molecule has 0 aliphatic heterocycles. The Morgan fingerprint density at radius 1 is 1.24 bits per heavy atom. The van der Waals surface area contributed by atoms with Crippen molar-refractivity contribution in [3.8, 4) is 11.3 Å². The van der Waals surface area contributed by atoms with Crippen LogP contribution in [0.2, 0.25) is 10.0 Å². The molecule has 0 spiro atoms. The van der Waals surface area contributed by atoms with Gasteiger partial charge in [0, 0.05) is 22.3 Å². The number of pyridine rings is 1. The molecule has 2 rings (SSSR count). The summed E-state index contributed by atoms with van der Waals surface area (Å²) in [6.07, 6.45) is 1.42. The molecule has 88 valence electrons. The number of aliphatic hydroxyl groups excluding tert-OH is 1. The molecule has 0 saturated heterocycles. The van der Waals surface area contributed by atoms with Crippen LogP contribution in [-0.4, -0.2) is 10.1 Å². The predicted octanol–water partition coefficient (Wildman–Crippen LogP) is 3.69. The number of benzene rings is 1. The standard InChI is InChI=1S/C12H8Cl2FNO/c13-8-1-2-10(14)9(5-8)12-11(15)7(6-17)3-4-16-12/h1-5,17H,6H2. The van der Waals surface area contributed by atoms with E-state index < -0.39 is 5.82 Å². The van der Waals surface area contributed by atoms with Crippen molar-refractivity contribution in [1.82, 2.24) is 4.98 Å². The van der Waals surface area contributed by atoms with Crippen molar-refractivity contribution in [1.29, 1.82) is 0 Å². The van der Waals surface area contributed by atoms with Crippen LogP contribution in [-0.2, 0) is 6.61 Å². The molecule has 0 bridgehead atoms. The zero-order valence-electron chi connectivity index (χ0n) is 8.62. The lowest BCUT2D eigenvalue weighted by molar-refractivity contribution is 0.275. The van der Waals surface area contributed by atoms with E-state index in [1.54, 1.807) is 12.1 Å². The second kappa shape index (κ2) is 5.00. The van der Waals surface area contributed by atoms with Crippen molar-refractivity contribution in [2.75, 3.05) is 0 Å². The normalized spacial score (nSPS) is 10.6. The summed E-state index contributed by atoms with van der Waals surface area (Å²) in [6, 6.07) is 6.14. The molecule has 0 amide bonds. The van der Waals surface area contributed by atoms with E-state index in [0.29, 0.717) is 15.6 Å². The quantitative estimate of drug-likeness (QED) is 0.904. The van der Waals surface area contributed by atoms with Gasteiger partial charge >= 0.3 is 0 Å². The average Bonchev–Trinajstić information content (AvgIpc) is 2.33. The van der Waals surface area contributed by atoms with E-state index >= 15 is 0 Å². The van der Waals surface area contributed by atoms with Gasteiger partial charge in [0.05, 0.1) is 11.6 Å². The van der Waals surface area contributed by atoms with Gasteiger partial charge in [0.15, 0.2) is 5.82 Å². The topological polar surface area (TPSA) is 33.1 Å². The van der Waals surface area contributed by atoms with E-state index in [4.69, 9.17) is 28.3 Å². The van der Waals surface area contributed by atoms with Gasteiger partial charge in [0.25, 0.3) is 0 Å². The van der Waals surface area contributed by atoms with E-state index in [1.807, 2.05) is 0 Å². The third kappa shape index (κ3) is 2.41. The Labute approximate surface area is 108 Å². The minimum Gasteiger partial charge on any atom is -0.392 e. The van der Waals surface area contributed by atoms with Crippen LogP contribution in [0.25, 0.3) is 11.3 Å². The molecular formula is C12H8Cl2FNO. The molecule has 17 heavy (non-hydrogen) atoms. The Bertz CT molecular complexity index is 560. The van der Waals surface area contributed by atoms with Crippen LogP contribution >= 0.6 is 23.2 Å². The lowest BCUT2D eigenvalue weighted by Gasteiger charge is -2.07. The molecule has 1 aromatic carbocycles. The molecular weight excluding hydrogens is 264 g/mol. The van der Waals surface area contributed by atoms with E-state index in [1.165, 1.54) is 18.3 Å². The number of hydrogen-bond donors (Lipinski definition) is 1. The summed E-state index contributed by atoms with van der Waals surface area (Å²) in [4.78, 5) is 3.93. The molecule has 1 N–H and O–H groups in total. The molecule has 0 saturated carbocycles. The fraction of sp³-hybridized carbons (Fsp3) is 0.0833. The van der Waals surface area contributed by atoms with Gasteiger partial charge in [0.1, 0.15) is 5.69 Å². The van der Waals surface area contributed by atoms with Crippen molar-refractivity contribution in [2.24, 2.45) is 0 Å². The smallest absolute Gasteiger partial charge is 0.155 e. The third-order valence-corrected chi connectivity index (χ3v) is 2.89. The molecule has 5 heteroatoms. The first-order chi connectivity index (χ1) is 8.13. The van der Waals surface area contributed by atoms with Gasteiger partial charge in [-0.1, -0.05) is 23.2 Å². The zero-order chi connectivity index (χ0) is 12.4. The summed E-state index contributed by atoms with van der Waals surface area (Å²) in [5.74, 6) is -0.584. The molecule has 0 aliphatic carbocycles. The highest BCUT2D eigenvalue weighted by Gasteiger charge is 2.14. The molecule has 0 atom stereocenters. The number of aromatic nitrogens is 1. The predicted molar refractivity (Wildman–Crippen MR) is 65.6 cm³/mol. The van der Waals surface area contributed by atoms with Crippen LogP contribution < -0.4 is 0 Å². The van der Waals surface area contributed by atoms with E-state index in [-0.39, 0.29) is 17.9 Å². The summed E-state index contributed by atoms with van der Waals surface area (Å²) in [7, 11) is 0. The first-order valence-corrected chi connectivity index (χ1v) is 5.58. The third-order valence-electron chi connectivity index (χ3n) is 2.32. The molecule has 0 radical (unpaired) electrons. The summed E-state index contributed by atoms with van der Waals surface area (Å²) >= 11 is 11.8. The highest BCUT2D eigenvalue weighted by molar-refractivity contribution is 6.35. The van der Waals surface area contributed by atoms with Crippen LogP contribution in [0.1, 0.15) is 5.56 Å². The molecule has 1 aromatic heterocycles. The van der Waals surface area contributed by atoms with Crippen molar-refractivity contribution in [3.63, 3.8) is 0 Å². The van der Waals surface area contributed by atoms with Crippen molar-refractivity contribution in [3.05, 3.63) is 51.9 Å². The molecule has 0 fully saturated rings. The van der Waals surface area contributed by atoms with E-state index in [0.717, 1.165) is 0 Å². The van der Waals surface area contributed by atoms with Crippen molar-refractivity contribution in [2.45, 2.75) is 6.61 Å². The Balaban J connectivity index is 2.64. The van der Waals surface area contributed by atoms with E-state index in [9.17, 15) is 4.39 Å². The molecule has 2 aromatic rings. The Kier molecular flexibility index (Phi) is 3.62. The maximum absolute atomic E-state index is 13.9. The molecule has 0 aliphatic rings. The Hall–Kier alpha value is -1.16. The van der Waals surface area contributed by atoms with E-state index in [2.05, 4.69) is 4.98 Å². The summed E-state index contributed by atoms with van der Waals surface area (Å²) in [5.41, 5.74) is 0.669. The first kappa shape index (κ1) is 12.3. The number of rotatable bonds is 2. The van der Waals surface area contributed by atoms with Crippen LogP contribution in [0.3, 0.4) is 0 Å². The van der Waals surface area contributed by atoms with Gasteiger partial charge in [-0.15, -0.1) is 0 Å².